The SMILES string of the molecule is N#Cc1ccc(Cl)cc1OC/C=C/C(=O)O. The average molecular weight is 238 g/mol. The number of rotatable bonds is 4. The summed E-state index contributed by atoms with van der Waals surface area (Å²) in [6.07, 6.45) is 2.31. The van der Waals surface area contributed by atoms with Gasteiger partial charge in [0.25, 0.3) is 0 Å². The molecule has 1 N–H and O–H groups in total. The van der Waals surface area contributed by atoms with E-state index in [1.807, 2.05) is 6.07 Å². The first-order chi connectivity index (χ1) is 7.63. The lowest BCUT2D eigenvalue weighted by Crippen LogP contribution is -1.97. The quantitative estimate of drug-likeness (QED) is 0.816. The van der Waals surface area contributed by atoms with Crippen LogP contribution >= 0.6 is 11.6 Å². The molecule has 0 aliphatic heterocycles. The van der Waals surface area contributed by atoms with Gasteiger partial charge in [-0.15, -0.1) is 0 Å². The van der Waals surface area contributed by atoms with Crippen LogP contribution in [0.1, 0.15) is 5.56 Å². The van der Waals surface area contributed by atoms with Gasteiger partial charge in [-0.1, -0.05) is 11.6 Å². The number of nitrogens with zero attached hydrogens (tertiary/aromatic N) is 1. The number of nitriles is 1. The van der Waals surface area contributed by atoms with Crippen LogP contribution < -0.4 is 4.74 Å². The smallest absolute Gasteiger partial charge is 0.328 e. The molecule has 0 fully saturated rings. The molecule has 4 nitrogen and oxygen atoms in total. The summed E-state index contributed by atoms with van der Waals surface area (Å²) < 4.78 is 5.20. The average Bonchev–Trinajstić information content (AvgIpc) is 2.24. The first-order valence-corrected chi connectivity index (χ1v) is 4.73. The molecule has 5 heteroatoms. The lowest BCUT2D eigenvalue weighted by atomic mass is 10.2. The molecular weight excluding hydrogens is 230 g/mol. The van der Waals surface area contributed by atoms with Gasteiger partial charge in [0.05, 0.1) is 5.56 Å². The van der Waals surface area contributed by atoms with Crippen LogP contribution in [0.4, 0.5) is 0 Å². The fourth-order valence-corrected chi connectivity index (χ4v) is 1.16. The second-order valence-electron chi connectivity index (χ2n) is 2.80. The van der Waals surface area contributed by atoms with Gasteiger partial charge in [-0.25, -0.2) is 4.79 Å². The summed E-state index contributed by atoms with van der Waals surface area (Å²) in [7, 11) is 0. The van der Waals surface area contributed by atoms with E-state index in [9.17, 15) is 4.79 Å². The summed E-state index contributed by atoms with van der Waals surface area (Å²) in [5.74, 6) is -0.708. The Balaban J connectivity index is 2.70. The zero-order valence-electron chi connectivity index (χ0n) is 8.18. The molecule has 0 unspecified atom stereocenters. The Kier molecular flexibility index (Phi) is 4.37. The van der Waals surface area contributed by atoms with Crippen molar-refractivity contribution in [2.45, 2.75) is 0 Å². The molecule has 0 spiro atoms. The Morgan fingerprint density at radius 2 is 2.38 bits per heavy atom. The number of carboxylic acids is 1. The first-order valence-electron chi connectivity index (χ1n) is 4.35. The van der Waals surface area contributed by atoms with Crippen molar-refractivity contribution in [3.05, 3.63) is 40.9 Å². The summed E-state index contributed by atoms with van der Waals surface area (Å²) in [6.45, 7) is 0.0708. The normalized spacial score (nSPS) is 10.0. The van der Waals surface area contributed by atoms with E-state index in [2.05, 4.69) is 0 Å². The van der Waals surface area contributed by atoms with E-state index in [4.69, 9.17) is 26.7 Å². The summed E-state index contributed by atoms with van der Waals surface area (Å²) in [5, 5.41) is 17.6. The number of carboxylic acid groups (broad SMARTS) is 1. The van der Waals surface area contributed by atoms with Gasteiger partial charge in [0, 0.05) is 17.2 Å². The van der Waals surface area contributed by atoms with E-state index in [0.717, 1.165) is 6.08 Å². The molecule has 0 aromatic heterocycles. The van der Waals surface area contributed by atoms with Crippen LogP contribution in [0, 0.1) is 11.3 Å². The highest BCUT2D eigenvalue weighted by atomic mass is 35.5. The van der Waals surface area contributed by atoms with E-state index < -0.39 is 5.97 Å². The van der Waals surface area contributed by atoms with E-state index >= 15 is 0 Å². The number of benzene rings is 1. The Labute approximate surface area is 97.3 Å². The Hall–Kier alpha value is -1.99. The van der Waals surface area contributed by atoms with Crippen LogP contribution in [0.5, 0.6) is 5.75 Å². The minimum absolute atomic E-state index is 0.0708. The molecule has 0 bridgehead atoms. The van der Waals surface area contributed by atoms with Gasteiger partial charge >= 0.3 is 5.97 Å². The third-order valence-electron chi connectivity index (χ3n) is 1.66. The molecule has 0 aliphatic rings. The number of ether oxygens (including phenoxy) is 1. The third kappa shape index (κ3) is 3.64. The van der Waals surface area contributed by atoms with Crippen LogP contribution in [-0.4, -0.2) is 17.7 Å². The summed E-state index contributed by atoms with van der Waals surface area (Å²) in [5.41, 5.74) is 0.355. The fourth-order valence-electron chi connectivity index (χ4n) is 0.995. The number of carbonyl (C=O) groups is 1. The van der Waals surface area contributed by atoms with Crippen molar-refractivity contribution in [3.8, 4) is 11.8 Å². The van der Waals surface area contributed by atoms with Gasteiger partial charge in [0.15, 0.2) is 0 Å². The Morgan fingerprint density at radius 3 is 3.00 bits per heavy atom. The molecule has 0 saturated carbocycles. The lowest BCUT2D eigenvalue weighted by Gasteiger charge is -2.05. The molecule has 16 heavy (non-hydrogen) atoms. The molecular formula is C11H8ClNO3. The lowest BCUT2D eigenvalue weighted by molar-refractivity contribution is -0.131. The number of aliphatic carboxylic acids is 1. The van der Waals surface area contributed by atoms with E-state index in [1.54, 1.807) is 12.1 Å². The van der Waals surface area contributed by atoms with Crippen molar-refractivity contribution in [1.29, 1.82) is 5.26 Å². The van der Waals surface area contributed by atoms with Crippen molar-refractivity contribution >= 4 is 17.6 Å². The maximum Gasteiger partial charge on any atom is 0.328 e. The molecule has 0 saturated heterocycles. The predicted molar refractivity (Wildman–Crippen MR) is 58.4 cm³/mol. The predicted octanol–water partition coefficient (Wildman–Crippen LogP) is 2.23. The van der Waals surface area contributed by atoms with Crippen LogP contribution in [0.3, 0.4) is 0 Å². The standard InChI is InChI=1S/C11H8ClNO3/c12-9-4-3-8(7-13)10(6-9)16-5-1-2-11(14)15/h1-4,6H,5H2,(H,14,15)/b2-1+. The Bertz CT molecular complexity index is 463. The topological polar surface area (TPSA) is 70.3 Å². The van der Waals surface area contributed by atoms with E-state index in [1.165, 1.54) is 12.1 Å². The fraction of sp³-hybridized carbons (Fsp3) is 0.0909. The summed E-state index contributed by atoms with van der Waals surface area (Å²) in [4.78, 5) is 10.2. The molecule has 1 rings (SSSR count). The van der Waals surface area contributed by atoms with Gasteiger partial charge in [-0.3, -0.25) is 0 Å². The highest BCUT2D eigenvalue weighted by Gasteiger charge is 2.02. The molecule has 0 atom stereocenters. The second-order valence-corrected chi connectivity index (χ2v) is 3.24. The zero-order chi connectivity index (χ0) is 12.0. The second kappa shape index (κ2) is 5.79. The molecule has 82 valence electrons. The van der Waals surface area contributed by atoms with Crippen molar-refractivity contribution in [3.63, 3.8) is 0 Å². The number of hydrogen-bond donors (Lipinski definition) is 1. The van der Waals surface area contributed by atoms with Gasteiger partial charge in [0.1, 0.15) is 18.4 Å². The van der Waals surface area contributed by atoms with Crippen LogP contribution in [0.25, 0.3) is 0 Å². The molecule has 0 radical (unpaired) electrons. The molecule has 1 aromatic rings. The molecule has 1 aromatic carbocycles. The summed E-state index contributed by atoms with van der Waals surface area (Å²) >= 11 is 5.74. The summed E-state index contributed by atoms with van der Waals surface area (Å²) in [6, 6.07) is 6.58. The molecule has 0 aliphatic carbocycles. The molecule has 0 heterocycles. The van der Waals surface area contributed by atoms with Gasteiger partial charge in [-0.05, 0) is 18.2 Å². The highest BCUT2D eigenvalue weighted by Crippen LogP contribution is 2.22. The highest BCUT2D eigenvalue weighted by molar-refractivity contribution is 6.30. The van der Waals surface area contributed by atoms with E-state index in [-0.39, 0.29) is 6.61 Å². The minimum atomic E-state index is -1.05. The van der Waals surface area contributed by atoms with Gasteiger partial charge < -0.3 is 9.84 Å². The number of halogens is 1. The van der Waals surface area contributed by atoms with Gasteiger partial charge in [0.2, 0.25) is 0 Å². The van der Waals surface area contributed by atoms with Crippen molar-refractivity contribution in [1.82, 2.24) is 0 Å². The van der Waals surface area contributed by atoms with E-state index in [0.29, 0.717) is 16.3 Å². The van der Waals surface area contributed by atoms with Crippen LogP contribution in [0.2, 0.25) is 5.02 Å². The largest absolute Gasteiger partial charge is 0.488 e. The molecule has 0 amide bonds. The Morgan fingerprint density at radius 1 is 1.62 bits per heavy atom. The number of hydrogen-bond acceptors (Lipinski definition) is 3. The van der Waals surface area contributed by atoms with Gasteiger partial charge in [-0.2, -0.15) is 5.26 Å². The maximum absolute atomic E-state index is 10.2. The van der Waals surface area contributed by atoms with Crippen molar-refractivity contribution in [2.75, 3.05) is 6.61 Å². The van der Waals surface area contributed by atoms with Crippen LogP contribution in [-0.2, 0) is 4.79 Å². The minimum Gasteiger partial charge on any atom is -0.488 e. The maximum atomic E-state index is 10.2. The van der Waals surface area contributed by atoms with Crippen molar-refractivity contribution in [2.24, 2.45) is 0 Å². The zero-order valence-corrected chi connectivity index (χ0v) is 8.94. The van der Waals surface area contributed by atoms with Crippen LogP contribution in [0.15, 0.2) is 30.4 Å². The third-order valence-corrected chi connectivity index (χ3v) is 1.89. The monoisotopic (exact) mass is 237 g/mol. The first kappa shape index (κ1) is 12.1. The van der Waals surface area contributed by atoms with Crippen molar-refractivity contribution < 1.29 is 14.6 Å².